The number of anilines is 1. The van der Waals surface area contributed by atoms with E-state index < -0.39 is 18.5 Å². The number of hydrogen-bond donors (Lipinski definition) is 1. The molecule has 0 aromatic heterocycles. The fraction of sp³-hybridized carbons (Fsp3) is 0.0667. The van der Waals surface area contributed by atoms with Gasteiger partial charge in [0.2, 0.25) is 0 Å². The Morgan fingerprint density at radius 2 is 1.57 bits per heavy atom. The summed E-state index contributed by atoms with van der Waals surface area (Å²) in [6.45, 7) is -0.484. The Labute approximate surface area is 152 Å². The highest BCUT2D eigenvalue weighted by Gasteiger charge is 2.14. The minimum Gasteiger partial charge on any atom is -0.452 e. The van der Waals surface area contributed by atoms with Crippen LogP contribution in [-0.4, -0.2) is 18.5 Å². The number of carbonyl (C=O) groups excluding carboxylic acids is 2. The zero-order valence-electron chi connectivity index (χ0n) is 11.4. The number of rotatable bonds is 4. The molecule has 0 radical (unpaired) electrons. The maximum Gasteiger partial charge on any atom is 0.340 e. The van der Waals surface area contributed by atoms with Gasteiger partial charge < -0.3 is 10.1 Å². The standard InChI is InChI=1S/C15H9Cl4NO3/c16-8-1-2-12(13(19)6-8)15(22)23-7-14(21)20-11-4-9(17)3-10(18)5-11/h1-6H,7H2,(H,20,21). The molecule has 0 aliphatic heterocycles. The molecule has 1 N–H and O–H groups in total. The van der Waals surface area contributed by atoms with Crippen LogP contribution in [0.5, 0.6) is 0 Å². The number of nitrogens with one attached hydrogen (secondary N) is 1. The Kier molecular flexibility index (Phi) is 6.13. The van der Waals surface area contributed by atoms with Crippen LogP contribution in [-0.2, 0) is 9.53 Å². The van der Waals surface area contributed by atoms with E-state index in [0.29, 0.717) is 20.8 Å². The first-order chi connectivity index (χ1) is 10.8. The predicted octanol–water partition coefficient (Wildman–Crippen LogP) is 5.10. The molecule has 4 nitrogen and oxygen atoms in total. The van der Waals surface area contributed by atoms with E-state index in [-0.39, 0.29) is 10.6 Å². The van der Waals surface area contributed by atoms with E-state index in [4.69, 9.17) is 51.1 Å². The van der Waals surface area contributed by atoms with Crippen LogP contribution >= 0.6 is 46.4 Å². The normalized spacial score (nSPS) is 10.3. The summed E-state index contributed by atoms with van der Waals surface area (Å²) < 4.78 is 4.90. The first-order valence-electron chi connectivity index (χ1n) is 6.23. The lowest BCUT2D eigenvalue weighted by atomic mass is 10.2. The molecule has 2 rings (SSSR count). The number of hydrogen-bond acceptors (Lipinski definition) is 3. The third kappa shape index (κ3) is 5.29. The lowest BCUT2D eigenvalue weighted by molar-refractivity contribution is -0.119. The van der Waals surface area contributed by atoms with Gasteiger partial charge in [-0.15, -0.1) is 0 Å². The average Bonchev–Trinajstić information content (AvgIpc) is 2.43. The second kappa shape index (κ2) is 7.88. The summed E-state index contributed by atoms with van der Waals surface area (Å²) in [7, 11) is 0. The second-order valence-electron chi connectivity index (χ2n) is 4.41. The van der Waals surface area contributed by atoms with Crippen molar-refractivity contribution in [2.24, 2.45) is 0 Å². The van der Waals surface area contributed by atoms with Crippen molar-refractivity contribution in [3.05, 3.63) is 62.1 Å². The summed E-state index contributed by atoms with van der Waals surface area (Å²) in [5.41, 5.74) is 0.516. The van der Waals surface area contributed by atoms with Crippen LogP contribution in [0.2, 0.25) is 20.1 Å². The van der Waals surface area contributed by atoms with Crippen molar-refractivity contribution in [2.45, 2.75) is 0 Å². The van der Waals surface area contributed by atoms with E-state index in [0.717, 1.165) is 0 Å². The molecule has 0 atom stereocenters. The van der Waals surface area contributed by atoms with E-state index in [1.54, 1.807) is 0 Å². The molecule has 23 heavy (non-hydrogen) atoms. The lowest BCUT2D eigenvalue weighted by Crippen LogP contribution is -2.21. The molecule has 0 unspecified atom stereocenters. The van der Waals surface area contributed by atoms with E-state index in [1.807, 2.05) is 0 Å². The summed E-state index contributed by atoms with van der Waals surface area (Å²) in [6, 6.07) is 8.89. The van der Waals surface area contributed by atoms with Gasteiger partial charge in [0.1, 0.15) is 0 Å². The molecule has 0 fully saturated rings. The summed E-state index contributed by atoms with van der Waals surface area (Å²) in [6.07, 6.45) is 0. The molecule has 120 valence electrons. The first kappa shape index (κ1) is 17.9. The van der Waals surface area contributed by atoms with Crippen LogP contribution in [0.25, 0.3) is 0 Å². The highest BCUT2D eigenvalue weighted by Crippen LogP contribution is 2.23. The molecule has 1 amide bonds. The molecule has 2 aromatic carbocycles. The maximum absolute atomic E-state index is 11.9. The minimum atomic E-state index is -0.731. The largest absolute Gasteiger partial charge is 0.452 e. The number of benzene rings is 2. The van der Waals surface area contributed by atoms with Crippen LogP contribution in [0.1, 0.15) is 10.4 Å². The SMILES string of the molecule is O=C(COC(=O)c1ccc(Cl)cc1Cl)Nc1cc(Cl)cc(Cl)c1. The first-order valence-corrected chi connectivity index (χ1v) is 7.74. The third-order valence-electron chi connectivity index (χ3n) is 2.63. The molecule has 0 bridgehead atoms. The van der Waals surface area contributed by atoms with Crippen LogP contribution in [0.3, 0.4) is 0 Å². The van der Waals surface area contributed by atoms with Gasteiger partial charge in [0.05, 0.1) is 10.6 Å². The molecule has 2 aromatic rings. The number of amides is 1. The summed E-state index contributed by atoms with van der Waals surface area (Å²) >= 11 is 23.3. The Morgan fingerprint density at radius 1 is 0.913 bits per heavy atom. The maximum atomic E-state index is 11.9. The molecule has 0 saturated carbocycles. The van der Waals surface area contributed by atoms with E-state index in [2.05, 4.69) is 5.32 Å². The Bertz CT molecular complexity index is 744. The zero-order chi connectivity index (χ0) is 17.0. The summed E-state index contributed by atoms with van der Waals surface area (Å²) in [5, 5.41) is 3.79. The quantitative estimate of drug-likeness (QED) is 0.736. The minimum absolute atomic E-state index is 0.120. The zero-order valence-corrected chi connectivity index (χ0v) is 14.4. The highest BCUT2D eigenvalue weighted by atomic mass is 35.5. The molecule has 8 heteroatoms. The Morgan fingerprint density at radius 3 is 2.17 bits per heavy atom. The summed E-state index contributed by atoms with van der Waals surface area (Å²) in [4.78, 5) is 23.7. The smallest absolute Gasteiger partial charge is 0.340 e. The topological polar surface area (TPSA) is 55.4 Å². The molecule has 0 aliphatic carbocycles. The van der Waals surface area contributed by atoms with Crippen molar-refractivity contribution in [3.8, 4) is 0 Å². The van der Waals surface area contributed by atoms with Gasteiger partial charge in [0.25, 0.3) is 5.91 Å². The Balaban J connectivity index is 1.94. The highest BCUT2D eigenvalue weighted by molar-refractivity contribution is 6.36. The van der Waals surface area contributed by atoms with Crippen molar-refractivity contribution >= 4 is 64.0 Å². The van der Waals surface area contributed by atoms with E-state index in [9.17, 15) is 9.59 Å². The number of halogens is 4. The van der Waals surface area contributed by atoms with Crippen LogP contribution in [0.4, 0.5) is 5.69 Å². The third-order valence-corrected chi connectivity index (χ3v) is 3.62. The van der Waals surface area contributed by atoms with Gasteiger partial charge in [-0.3, -0.25) is 4.79 Å². The van der Waals surface area contributed by atoms with Gasteiger partial charge in [-0.1, -0.05) is 46.4 Å². The van der Waals surface area contributed by atoms with Gasteiger partial charge >= 0.3 is 5.97 Å². The second-order valence-corrected chi connectivity index (χ2v) is 6.12. The van der Waals surface area contributed by atoms with Crippen LogP contribution in [0.15, 0.2) is 36.4 Å². The van der Waals surface area contributed by atoms with Crippen LogP contribution < -0.4 is 5.32 Å². The summed E-state index contributed by atoms with van der Waals surface area (Å²) in [5.74, 6) is -1.27. The molecule has 0 heterocycles. The van der Waals surface area contributed by atoms with Crippen molar-refractivity contribution in [3.63, 3.8) is 0 Å². The van der Waals surface area contributed by atoms with Crippen LogP contribution in [0, 0.1) is 0 Å². The molecular weight excluding hydrogens is 384 g/mol. The monoisotopic (exact) mass is 391 g/mol. The van der Waals surface area contributed by atoms with Gasteiger partial charge in [0, 0.05) is 20.8 Å². The van der Waals surface area contributed by atoms with Gasteiger partial charge in [-0.2, -0.15) is 0 Å². The predicted molar refractivity (Wildman–Crippen MR) is 91.8 cm³/mol. The molecule has 0 saturated heterocycles. The Hall–Kier alpha value is -1.46. The van der Waals surface area contributed by atoms with Crippen molar-refractivity contribution < 1.29 is 14.3 Å². The van der Waals surface area contributed by atoms with Crippen molar-refractivity contribution in [2.75, 3.05) is 11.9 Å². The number of ether oxygens (including phenoxy) is 1. The number of esters is 1. The molecular formula is C15H9Cl4NO3. The number of carbonyl (C=O) groups is 2. The average molecular weight is 393 g/mol. The molecule has 0 aliphatic rings. The van der Waals surface area contributed by atoms with Gasteiger partial charge in [-0.05, 0) is 36.4 Å². The fourth-order valence-electron chi connectivity index (χ4n) is 1.69. The van der Waals surface area contributed by atoms with Crippen molar-refractivity contribution in [1.29, 1.82) is 0 Å². The molecule has 0 spiro atoms. The lowest BCUT2D eigenvalue weighted by Gasteiger charge is -2.08. The van der Waals surface area contributed by atoms with Gasteiger partial charge in [-0.25, -0.2) is 4.79 Å². The van der Waals surface area contributed by atoms with E-state index in [1.165, 1.54) is 36.4 Å². The van der Waals surface area contributed by atoms with Gasteiger partial charge in [0.15, 0.2) is 6.61 Å². The fourth-order valence-corrected chi connectivity index (χ4v) is 2.70. The van der Waals surface area contributed by atoms with Crippen molar-refractivity contribution in [1.82, 2.24) is 0 Å². The van der Waals surface area contributed by atoms with E-state index >= 15 is 0 Å².